The van der Waals surface area contributed by atoms with Gasteiger partial charge in [0.15, 0.2) is 5.90 Å². The molecule has 2 N–H and O–H groups in total. The Balaban J connectivity index is 3.49. The zero-order valence-electron chi connectivity index (χ0n) is 6.64. The van der Waals surface area contributed by atoms with Crippen molar-refractivity contribution in [3.8, 4) is 0 Å². The molecule has 0 unspecified atom stereocenters. The van der Waals surface area contributed by atoms with Gasteiger partial charge in [0.25, 0.3) is 5.91 Å². The predicted octanol–water partition coefficient (Wildman–Crippen LogP) is 0.0679. The number of hydrogen-bond donors (Lipinski definition) is 2. The Labute approximate surface area is 65.1 Å². The first-order valence-corrected chi connectivity index (χ1v) is 3.22. The molecule has 0 fully saturated rings. The minimum absolute atomic E-state index is 0.0537. The molecule has 0 aliphatic heterocycles. The van der Waals surface area contributed by atoms with Gasteiger partial charge in [-0.3, -0.25) is 15.0 Å². The molecule has 5 heteroatoms. The van der Waals surface area contributed by atoms with E-state index >= 15 is 0 Å². The SMILES string of the molecule is CCOC(=N)CC(=O)NOC. The third-order valence-electron chi connectivity index (χ3n) is 0.856. The van der Waals surface area contributed by atoms with Crippen LogP contribution in [0.2, 0.25) is 0 Å². The third-order valence-corrected chi connectivity index (χ3v) is 0.856. The first-order chi connectivity index (χ1) is 5.20. The highest BCUT2D eigenvalue weighted by Gasteiger charge is 2.04. The van der Waals surface area contributed by atoms with Crippen molar-refractivity contribution in [2.45, 2.75) is 13.3 Å². The largest absolute Gasteiger partial charge is 0.481 e. The Kier molecular flexibility index (Phi) is 5.10. The Morgan fingerprint density at radius 2 is 2.27 bits per heavy atom. The Hall–Kier alpha value is -1.10. The van der Waals surface area contributed by atoms with Crippen molar-refractivity contribution in [1.29, 1.82) is 5.41 Å². The number of carbonyl (C=O) groups is 1. The summed E-state index contributed by atoms with van der Waals surface area (Å²) in [5.41, 5.74) is 2.08. The van der Waals surface area contributed by atoms with Crippen LogP contribution in [0.1, 0.15) is 13.3 Å². The zero-order chi connectivity index (χ0) is 8.69. The molecule has 0 spiro atoms. The fourth-order valence-corrected chi connectivity index (χ4v) is 0.521. The summed E-state index contributed by atoms with van der Waals surface area (Å²) in [6.07, 6.45) is -0.0817. The molecular formula is C6H12N2O3. The van der Waals surface area contributed by atoms with Gasteiger partial charge in [-0.1, -0.05) is 0 Å². The van der Waals surface area contributed by atoms with Crippen molar-refractivity contribution in [3.63, 3.8) is 0 Å². The lowest BCUT2D eigenvalue weighted by Gasteiger charge is -2.03. The first kappa shape index (κ1) is 9.90. The van der Waals surface area contributed by atoms with Gasteiger partial charge in [-0.05, 0) is 6.92 Å². The van der Waals surface area contributed by atoms with Crippen LogP contribution in [0.15, 0.2) is 0 Å². The van der Waals surface area contributed by atoms with E-state index in [2.05, 4.69) is 10.3 Å². The number of hydroxylamine groups is 1. The number of hydrogen-bond acceptors (Lipinski definition) is 4. The van der Waals surface area contributed by atoms with E-state index in [-0.39, 0.29) is 18.2 Å². The van der Waals surface area contributed by atoms with Gasteiger partial charge in [0.1, 0.15) is 6.42 Å². The van der Waals surface area contributed by atoms with Crippen LogP contribution in [0.3, 0.4) is 0 Å². The fraction of sp³-hybridized carbons (Fsp3) is 0.667. The maximum absolute atomic E-state index is 10.7. The monoisotopic (exact) mass is 160 g/mol. The molecule has 0 radical (unpaired) electrons. The van der Waals surface area contributed by atoms with E-state index in [9.17, 15) is 4.79 Å². The molecule has 11 heavy (non-hydrogen) atoms. The van der Waals surface area contributed by atoms with Gasteiger partial charge in [-0.2, -0.15) is 0 Å². The molecule has 0 aromatic carbocycles. The minimum atomic E-state index is -0.383. The second-order valence-corrected chi connectivity index (χ2v) is 1.76. The van der Waals surface area contributed by atoms with Crippen molar-refractivity contribution < 1.29 is 14.4 Å². The van der Waals surface area contributed by atoms with Gasteiger partial charge in [-0.15, -0.1) is 0 Å². The molecule has 0 aliphatic rings. The predicted molar refractivity (Wildman–Crippen MR) is 39.1 cm³/mol. The highest BCUT2D eigenvalue weighted by molar-refractivity contribution is 5.94. The smallest absolute Gasteiger partial charge is 0.252 e. The van der Waals surface area contributed by atoms with E-state index in [0.29, 0.717) is 6.61 Å². The average Bonchev–Trinajstić information content (AvgIpc) is 1.87. The molecule has 1 amide bonds. The quantitative estimate of drug-likeness (QED) is 0.347. The normalized spacial score (nSPS) is 8.91. The van der Waals surface area contributed by atoms with Crippen molar-refractivity contribution >= 4 is 11.8 Å². The van der Waals surface area contributed by atoms with Gasteiger partial charge in [-0.25, -0.2) is 5.48 Å². The zero-order valence-corrected chi connectivity index (χ0v) is 6.64. The van der Waals surface area contributed by atoms with E-state index in [0.717, 1.165) is 0 Å². The summed E-state index contributed by atoms with van der Waals surface area (Å²) in [5, 5.41) is 7.06. The van der Waals surface area contributed by atoms with Gasteiger partial charge >= 0.3 is 0 Å². The van der Waals surface area contributed by atoms with Gasteiger partial charge in [0.05, 0.1) is 13.7 Å². The van der Waals surface area contributed by atoms with Crippen LogP contribution in [0, 0.1) is 5.41 Å². The van der Waals surface area contributed by atoms with Gasteiger partial charge in [0.2, 0.25) is 0 Å². The summed E-state index contributed by atoms with van der Waals surface area (Å²) >= 11 is 0. The molecule has 5 nitrogen and oxygen atoms in total. The highest BCUT2D eigenvalue weighted by atomic mass is 16.6. The number of ether oxygens (including phenoxy) is 1. The van der Waals surface area contributed by atoms with Crippen molar-refractivity contribution in [2.24, 2.45) is 0 Å². The number of amides is 1. The number of rotatable bonds is 4. The van der Waals surface area contributed by atoms with Crippen molar-refractivity contribution in [1.82, 2.24) is 5.48 Å². The standard InChI is InChI=1S/C6H12N2O3/c1-3-11-5(7)4-6(9)8-10-2/h7H,3-4H2,1-2H3,(H,8,9). The molecule has 64 valence electrons. The second kappa shape index (κ2) is 5.67. The van der Waals surface area contributed by atoms with Crippen molar-refractivity contribution in [3.05, 3.63) is 0 Å². The van der Waals surface area contributed by atoms with Gasteiger partial charge < -0.3 is 4.74 Å². The lowest BCUT2D eigenvalue weighted by molar-refractivity contribution is -0.130. The van der Waals surface area contributed by atoms with E-state index in [1.54, 1.807) is 6.92 Å². The molecule has 0 saturated heterocycles. The van der Waals surface area contributed by atoms with E-state index in [4.69, 9.17) is 10.1 Å². The third kappa shape index (κ3) is 5.35. The lowest BCUT2D eigenvalue weighted by Crippen LogP contribution is -2.25. The van der Waals surface area contributed by atoms with Crippen LogP contribution in [0.5, 0.6) is 0 Å². The number of nitrogens with one attached hydrogen (secondary N) is 2. The molecule has 0 heterocycles. The molecule has 0 aromatic heterocycles. The van der Waals surface area contributed by atoms with Crippen LogP contribution >= 0.6 is 0 Å². The van der Waals surface area contributed by atoms with E-state index < -0.39 is 0 Å². The summed E-state index contributed by atoms with van der Waals surface area (Å²) in [6.45, 7) is 2.15. The molecule has 0 atom stereocenters. The lowest BCUT2D eigenvalue weighted by atomic mass is 10.4. The Morgan fingerprint density at radius 3 is 2.73 bits per heavy atom. The topological polar surface area (TPSA) is 71.4 Å². The first-order valence-electron chi connectivity index (χ1n) is 3.22. The summed E-state index contributed by atoms with van der Waals surface area (Å²) in [5.74, 6) is -0.437. The molecule has 0 saturated carbocycles. The molecule has 0 bridgehead atoms. The van der Waals surface area contributed by atoms with Crippen LogP contribution in [0.4, 0.5) is 0 Å². The van der Waals surface area contributed by atoms with Crippen LogP contribution in [-0.4, -0.2) is 25.5 Å². The summed E-state index contributed by atoms with van der Waals surface area (Å²) in [7, 11) is 1.34. The molecular weight excluding hydrogens is 148 g/mol. The van der Waals surface area contributed by atoms with Crippen LogP contribution in [0.25, 0.3) is 0 Å². The maximum Gasteiger partial charge on any atom is 0.252 e. The van der Waals surface area contributed by atoms with Crippen LogP contribution < -0.4 is 5.48 Å². The van der Waals surface area contributed by atoms with Gasteiger partial charge in [0, 0.05) is 0 Å². The highest BCUT2D eigenvalue weighted by Crippen LogP contribution is 1.86. The maximum atomic E-state index is 10.7. The second-order valence-electron chi connectivity index (χ2n) is 1.76. The van der Waals surface area contributed by atoms with E-state index in [1.807, 2.05) is 0 Å². The summed E-state index contributed by atoms with van der Waals surface area (Å²) in [6, 6.07) is 0. The van der Waals surface area contributed by atoms with E-state index in [1.165, 1.54) is 7.11 Å². The Bertz CT molecular complexity index is 131. The summed E-state index contributed by atoms with van der Waals surface area (Å²) < 4.78 is 4.73. The minimum Gasteiger partial charge on any atom is -0.481 e. The fourth-order valence-electron chi connectivity index (χ4n) is 0.521. The summed E-state index contributed by atoms with van der Waals surface area (Å²) in [4.78, 5) is 15.0. The molecule has 0 rings (SSSR count). The average molecular weight is 160 g/mol. The van der Waals surface area contributed by atoms with Crippen LogP contribution in [-0.2, 0) is 14.4 Å². The van der Waals surface area contributed by atoms with Crippen molar-refractivity contribution in [2.75, 3.05) is 13.7 Å². The number of carbonyl (C=O) groups excluding carboxylic acids is 1. The molecule has 0 aromatic rings. The molecule has 0 aliphatic carbocycles. The Morgan fingerprint density at radius 1 is 1.64 bits per heavy atom.